The number of carbonyl (C=O) groups is 2. The number of likely N-dealkylation sites (tertiary alicyclic amines) is 1. The average molecular weight is 364 g/mol. The highest BCUT2D eigenvalue weighted by molar-refractivity contribution is 5.86. The van der Waals surface area contributed by atoms with Crippen LogP contribution in [0, 0.1) is 17.2 Å². The van der Waals surface area contributed by atoms with Crippen LogP contribution in [0.3, 0.4) is 0 Å². The lowest BCUT2D eigenvalue weighted by molar-refractivity contribution is -0.136. The molecule has 2 amide bonds. The molecule has 142 valence electrons. The summed E-state index contributed by atoms with van der Waals surface area (Å²) in [6, 6.07) is 4.33. The minimum absolute atomic E-state index is 0.0257. The van der Waals surface area contributed by atoms with Gasteiger partial charge in [0.15, 0.2) is 0 Å². The standard InChI is InChI=1S/C19H25FN2O4/c1-21-17(24)8-13-10-22(11-15(13)23)18(25)19(5-6-19)9-12-7-14(20)3-4-16(12)26-2/h3-4,7,13,15,23H,5-6,8-11H2,1-2H3,(H,21,24)/t13-,15-/m1/s1. The summed E-state index contributed by atoms with van der Waals surface area (Å²) in [6.45, 7) is 0.609. The van der Waals surface area contributed by atoms with Crippen LogP contribution in [0.1, 0.15) is 24.8 Å². The van der Waals surface area contributed by atoms with Gasteiger partial charge in [0.2, 0.25) is 11.8 Å². The van der Waals surface area contributed by atoms with Crippen LogP contribution >= 0.6 is 0 Å². The predicted octanol–water partition coefficient (Wildman–Crippen LogP) is 1.11. The zero-order valence-electron chi connectivity index (χ0n) is 15.1. The summed E-state index contributed by atoms with van der Waals surface area (Å²) in [5.74, 6) is -0.203. The van der Waals surface area contributed by atoms with Gasteiger partial charge in [0, 0.05) is 32.5 Å². The van der Waals surface area contributed by atoms with Crippen LogP contribution in [0.2, 0.25) is 0 Å². The largest absolute Gasteiger partial charge is 0.496 e. The normalized spacial score (nSPS) is 23.6. The number of nitrogens with one attached hydrogen (secondary N) is 1. The highest BCUT2D eigenvalue weighted by Crippen LogP contribution is 2.51. The number of benzene rings is 1. The number of ether oxygens (including phenoxy) is 1. The molecule has 1 saturated carbocycles. The van der Waals surface area contributed by atoms with Gasteiger partial charge in [-0.1, -0.05) is 0 Å². The van der Waals surface area contributed by atoms with E-state index < -0.39 is 11.5 Å². The smallest absolute Gasteiger partial charge is 0.229 e. The molecule has 0 aromatic heterocycles. The average Bonchev–Trinajstić information content (AvgIpc) is 3.31. The number of hydrogen-bond donors (Lipinski definition) is 2. The van der Waals surface area contributed by atoms with Crippen molar-refractivity contribution in [2.75, 3.05) is 27.2 Å². The van der Waals surface area contributed by atoms with E-state index in [4.69, 9.17) is 4.74 Å². The fraction of sp³-hybridized carbons (Fsp3) is 0.579. The van der Waals surface area contributed by atoms with Crippen molar-refractivity contribution < 1.29 is 23.8 Å². The van der Waals surface area contributed by atoms with Gasteiger partial charge in [-0.3, -0.25) is 9.59 Å². The van der Waals surface area contributed by atoms with Crippen molar-refractivity contribution in [1.82, 2.24) is 10.2 Å². The quantitative estimate of drug-likeness (QED) is 0.793. The maximum Gasteiger partial charge on any atom is 0.229 e. The molecule has 1 aliphatic heterocycles. The van der Waals surface area contributed by atoms with E-state index in [9.17, 15) is 19.1 Å². The Morgan fingerprint density at radius 2 is 2.12 bits per heavy atom. The molecule has 7 heteroatoms. The van der Waals surface area contributed by atoms with E-state index in [-0.39, 0.29) is 36.5 Å². The number of rotatable bonds is 6. The van der Waals surface area contributed by atoms with Crippen LogP contribution in [0.4, 0.5) is 4.39 Å². The van der Waals surface area contributed by atoms with Crippen molar-refractivity contribution in [3.05, 3.63) is 29.6 Å². The molecule has 0 bridgehead atoms. The molecule has 3 rings (SSSR count). The molecule has 2 atom stereocenters. The Bertz CT molecular complexity index is 705. The zero-order valence-corrected chi connectivity index (χ0v) is 15.1. The predicted molar refractivity (Wildman–Crippen MR) is 93.1 cm³/mol. The number of aliphatic hydroxyl groups excluding tert-OH is 1. The minimum Gasteiger partial charge on any atom is -0.496 e. The number of halogens is 1. The van der Waals surface area contributed by atoms with E-state index in [1.165, 1.54) is 19.2 Å². The number of β-amino-alcohol motifs (C(OH)–C–C–N with tert-alkyl or cyclic N) is 1. The van der Waals surface area contributed by atoms with Crippen molar-refractivity contribution in [2.24, 2.45) is 11.3 Å². The van der Waals surface area contributed by atoms with Crippen molar-refractivity contribution in [1.29, 1.82) is 0 Å². The van der Waals surface area contributed by atoms with Crippen LogP contribution in [0.15, 0.2) is 18.2 Å². The van der Waals surface area contributed by atoms with Gasteiger partial charge < -0.3 is 20.1 Å². The molecule has 2 N–H and O–H groups in total. The number of carbonyl (C=O) groups excluding carboxylic acids is 2. The van der Waals surface area contributed by atoms with Gasteiger partial charge in [0.05, 0.1) is 18.6 Å². The Kier molecular flexibility index (Phi) is 5.18. The zero-order chi connectivity index (χ0) is 18.9. The number of amides is 2. The van der Waals surface area contributed by atoms with Crippen molar-refractivity contribution in [3.8, 4) is 5.75 Å². The molecule has 1 aliphatic carbocycles. The summed E-state index contributed by atoms with van der Waals surface area (Å²) in [6.07, 6.45) is 1.39. The second kappa shape index (κ2) is 7.23. The van der Waals surface area contributed by atoms with Crippen LogP contribution < -0.4 is 10.1 Å². The first kappa shape index (κ1) is 18.6. The third kappa shape index (κ3) is 3.67. The lowest BCUT2D eigenvalue weighted by Crippen LogP contribution is -2.37. The van der Waals surface area contributed by atoms with Gasteiger partial charge in [0.25, 0.3) is 0 Å². The molecule has 1 aromatic carbocycles. The molecule has 6 nitrogen and oxygen atoms in total. The summed E-state index contributed by atoms with van der Waals surface area (Å²) in [7, 11) is 3.08. The molecule has 1 saturated heterocycles. The maximum atomic E-state index is 13.6. The Labute approximate surface area is 152 Å². The third-order valence-corrected chi connectivity index (χ3v) is 5.50. The third-order valence-electron chi connectivity index (χ3n) is 5.50. The van der Waals surface area contributed by atoms with E-state index in [2.05, 4.69) is 5.32 Å². The lowest BCUT2D eigenvalue weighted by atomic mass is 9.94. The molecular weight excluding hydrogens is 339 g/mol. The first-order valence-electron chi connectivity index (χ1n) is 8.89. The Morgan fingerprint density at radius 3 is 2.73 bits per heavy atom. The monoisotopic (exact) mass is 364 g/mol. The van der Waals surface area contributed by atoms with Crippen LogP contribution in [0.25, 0.3) is 0 Å². The number of hydrogen-bond acceptors (Lipinski definition) is 4. The van der Waals surface area contributed by atoms with Gasteiger partial charge in [-0.25, -0.2) is 4.39 Å². The van der Waals surface area contributed by atoms with Crippen molar-refractivity contribution in [3.63, 3.8) is 0 Å². The topological polar surface area (TPSA) is 78.9 Å². The highest BCUT2D eigenvalue weighted by Gasteiger charge is 2.53. The number of aliphatic hydroxyl groups is 1. The van der Waals surface area contributed by atoms with E-state index in [0.29, 0.717) is 24.3 Å². The highest BCUT2D eigenvalue weighted by atomic mass is 19.1. The Morgan fingerprint density at radius 1 is 1.38 bits per heavy atom. The van der Waals surface area contributed by atoms with Crippen LogP contribution in [-0.2, 0) is 16.0 Å². The van der Waals surface area contributed by atoms with Crippen LogP contribution in [-0.4, -0.2) is 55.2 Å². The molecule has 0 radical (unpaired) electrons. The SMILES string of the molecule is CNC(=O)C[C@@H]1CN(C(=O)C2(Cc3cc(F)ccc3OC)CC2)C[C@H]1O. The Balaban J connectivity index is 1.70. The summed E-state index contributed by atoms with van der Waals surface area (Å²) in [5, 5.41) is 12.8. The molecule has 1 aromatic rings. The first-order chi connectivity index (χ1) is 12.4. The number of methoxy groups -OCH3 is 1. The summed E-state index contributed by atoms with van der Waals surface area (Å²) in [5.41, 5.74) is 0.128. The van der Waals surface area contributed by atoms with Crippen molar-refractivity contribution >= 4 is 11.8 Å². The Hall–Kier alpha value is -2.15. The second-order valence-electron chi connectivity index (χ2n) is 7.33. The van der Waals surface area contributed by atoms with Gasteiger partial charge in [0.1, 0.15) is 11.6 Å². The molecule has 2 fully saturated rings. The molecule has 26 heavy (non-hydrogen) atoms. The fourth-order valence-corrected chi connectivity index (χ4v) is 3.76. The van der Waals surface area contributed by atoms with Gasteiger partial charge in [-0.15, -0.1) is 0 Å². The summed E-state index contributed by atoms with van der Waals surface area (Å²) in [4.78, 5) is 26.3. The van der Waals surface area contributed by atoms with E-state index in [1.807, 2.05) is 0 Å². The fourth-order valence-electron chi connectivity index (χ4n) is 3.76. The van der Waals surface area contributed by atoms with E-state index in [0.717, 1.165) is 12.8 Å². The van der Waals surface area contributed by atoms with Gasteiger partial charge in [-0.05, 0) is 43.0 Å². The molecule has 1 heterocycles. The van der Waals surface area contributed by atoms with E-state index in [1.54, 1.807) is 18.0 Å². The molecule has 2 aliphatic rings. The van der Waals surface area contributed by atoms with Gasteiger partial charge >= 0.3 is 0 Å². The second-order valence-corrected chi connectivity index (χ2v) is 7.33. The maximum absolute atomic E-state index is 13.6. The first-order valence-corrected chi connectivity index (χ1v) is 8.89. The van der Waals surface area contributed by atoms with Crippen LogP contribution in [0.5, 0.6) is 5.75 Å². The molecule has 0 unspecified atom stereocenters. The minimum atomic E-state index is -0.698. The lowest BCUT2D eigenvalue weighted by Gasteiger charge is -2.24. The molecule has 0 spiro atoms. The van der Waals surface area contributed by atoms with Crippen molar-refractivity contribution in [2.45, 2.75) is 31.8 Å². The number of nitrogens with zero attached hydrogens (tertiary/aromatic N) is 1. The summed E-state index contributed by atoms with van der Waals surface area (Å²) >= 11 is 0. The van der Waals surface area contributed by atoms with E-state index >= 15 is 0 Å². The molecular formula is C19H25FN2O4. The summed E-state index contributed by atoms with van der Waals surface area (Å²) < 4.78 is 18.9. The van der Waals surface area contributed by atoms with Gasteiger partial charge in [-0.2, -0.15) is 0 Å².